The summed E-state index contributed by atoms with van der Waals surface area (Å²) in [4.78, 5) is 1.95. The van der Waals surface area contributed by atoms with Crippen LogP contribution in [0.15, 0.2) is 48.7 Å². The molecule has 1 aromatic carbocycles. The van der Waals surface area contributed by atoms with Gasteiger partial charge in [0, 0.05) is 12.7 Å². The molecule has 1 atom stereocenters. The van der Waals surface area contributed by atoms with E-state index in [1.165, 1.54) is 5.56 Å². The van der Waals surface area contributed by atoms with Gasteiger partial charge in [-0.05, 0) is 48.5 Å². The summed E-state index contributed by atoms with van der Waals surface area (Å²) in [6.07, 6.45) is 8.34. The highest BCUT2D eigenvalue weighted by molar-refractivity contribution is 7.80. The lowest BCUT2D eigenvalue weighted by Gasteiger charge is -2.38. The standard InChI is InChI=1S/C15H18ClN3OS/c1-20-13-6-4-5-12(11-13)7-10-19-9-3-2-8-15(19,16)18-14(17)21/h2-6,8-9,11H,7,10H2,1H3,(H3,17,18,21). The van der Waals surface area contributed by atoms with Gasteiger partial charge >= 0.3 is 0 Å². The van der Waals surface area contributed by atoms with E-state index in [9.17, 15) is 0 Å². The third kappa shape index (κ3) is 4.12. The molecule has 0 bridgehead atoms. The third-order valence-corrected chi connectivity index (χ3v) is 3.73. The Morgan fingerprint density at radius 3 is 3.00 bits per heavy atom. The van der Waals surface area contributed by atoms with Crippen molar-refractivity contribution < 1.29 is 4.74 Å². The number of hydrogen-bond acceptors (Lipinski definition) is 3. The first kappa shape index (κ1) is 15.7. The van der Waals surface area contributed by atoms with Crippen molar-refractivity contribution in [2.24, 2.45) is 5.73 Å². The van der Waals surface area contributed by atoms with Crippen LogP contribution in [-0.4, -0.2) is 28.8 Å². The monoisotopic (exact) mass is 323 g/mol. The minimum atomic E-state index is -0.917. The van der Waals surface area contributed by atoms with E-state index in [2.05, 4.69) is 11.4 Å². The molecule has 0 amide bonds. The van der Waals surface area contributed by atoms with E-state index < -0.39 is 5.12 Å². The van der Waals surface area contributed by atoms with E-state index in [1.807, 2.05) is 47.5 Å². The third-order valence-electron chi connectivity index (χ3n) is 3.19. The Bertz CT molecular complexity index is 576. The molecule has 112 valence electrons. The lowest BCUT2D eigenvalue weighted by Crippen LogP contribution is -2.56. The Morgan fingerprint density at radius 1 is 1.48 bits per heavy atom. The maximum Gasteiger partial charge on any atom is 0.210 e. The van der Waals surface area contributed by atoms with Crippen molar-refractivity contribution in [1.29, 1.82) is 0 Å². The summed E-state index contributed by atoms with van der Waals surface area (Å²) in [5.74, 6) is 0.847. The molecule has 0 spiro atoms. The zero-order valence-corrected chi connectivity index (χ0v) is 13.3. The minimum Gasteiger partial charge on any atom is -0.497 e. The quantitative estimate of drug-likeness (QED) is 0.495. The van der Waals surface area contributed by atoms with Crippen LogP contribution in [0.5, 0.6) is 5.75 Å². The molecule has 0 radical (unpaired) electrons. The van der Waals surface area contributed by atoms with Crippen molar-refractivity contribution in [2.45, 2.75) is 11.5 Å². The van der Waals surface area contributed by atoms with Crippen molar-refractivity contribution in [3.8, 4) is 5.75 Å². The summed E-state index contributed by atoms with van der Waals surface area (Å²) in [5, 5.41) is 2.15. The average Bonchev–Trinajstić information content (AvgIpc) is 2.45. The van der Waals surface area contributed by atoms with Gasteiger partial charge in [-0.3, -0.25) is 0 Å². The molecule has 0 aliphatic carbocycles. The van der Waals surface area contributed by atoms with Crippen LogP contribution in [0.1, 0.15) is 5.56 Å². The summed E-state index contributed by atoms with van der Waals surface area (Å²) in [6, 6.07) is 7.97. The number of hydrogen-bond donors (Lipinski definition) is 2. The molecule has 0 aromatic heterocycles. The Kier molecular flexibility index (Phi) is 5.09. The summed E-state index contributed by atoms with van der Waals surface area (Å²) in [7, 11) is 1.66. The second kappa shape index (κ2) is 6.83. The number of alkyl halides is 1. The van der Waals surface area contributed by atoms with Crippen LogP contribution in [-0.2, 0) is 6.42 Å². The number of nitrogens with zero attached hydrogens (tertiary/aromatic N) is 1. The van der Waals surface area contributed by atoms with Gasteiger partial charge < -0.3 is 20.7 Å². The van der Waals surface area contributed by atoms with E-state index >= 15 is 0 Å². The van der Waals surface area contributed by atoms with Crippen molar-refractivity contribution in [3.05, 3.63) is 54.3 Å². The van der Waals surface area contributed by atoms with Gasteiger partial charge in [-0.15, -0.1) is 0 Å². The van der Waals surface area contributed by atoms with E-state index in [0.717, 1.165) is 12.2 Å². The van der Waals surface area contributed by atoms with Gasteiger partial charge in [-0.25, -0.2) is 0 Å². The van der Waals surface area contributed by atoms with Crippen LogP contribution in [0.3, 0.4) is 0 Å². The first-order chi connectivity index (χ1) is 10.0. The number of allylic oxidation sites excluding steroid dienone is 2. The summed E-state index contributed by atoms with van der Waals surface area (Å²) in [6.45, 7) is 0.715. The number of halogens is 1. The van der Waals surface area contributed by atoms with Crippen molar-refractivity contribution in [1.82, 2.24) is 10.2 Å². The number of methoxy groups -OCH3 is 1. The highest BCUT2D eigenvalue weighted by atomic mass is 35.5. The molecule has 0 saturated heterocycles. The van der Waals surface area contributed by atoms with E-state index in [-0.39, 0.29) is 5.11 Å². The molecule has 6 heteroatoms. The maximum atomic E-state index is 6.55. The lowest BCUT2D eigenvalue weighted by molar-refractivity contribution is 0.264. The fourth-order valence-electron chi connectivity index (χ4n) is 2.14. The Balaban J connectivity index is 2.05. The van der Waals surface area contributed by atoms with Crippen molar-refractivity contribution in [2.75, 3.05) is 13.7 Å². The molecule has 1 aromatic rings. The van der Waals surface area contributed by atoms with E-state index in [4.69, 9.17) is 34.3 Å². The van der Waals surface area contributed by atoms with Gasteiger partial charge in [0.2, 0.25) is 5.12 Å². The van der Waals surface area contributed by atoms with Gasteiger partial charge in [0.25, 0.3) is 0 Å². The average molecular weight is 324 g/mol. The fraction of sp³-hybridized carbons (Fsp3) is 0.267. The molecule has 2 rings (SSSR count). The highest BCUT2D eigenvalue weighted by Gasteiger charge is 2.31. The summed E-state index contributed by atoms with van der Waals surface area (Å²) < 4.78 is 5.23. The minimum absolute atomic E-state index is 0.163. The second-order valence-corrected chi connectivity index (χ2v) is 5.67. The number of nitrogens with one attached hydrogen (secondary N) is 1. The molecular weight excluding hydrogens is 306 g/mol. The van der Waals surface area contributed by atoms with Crippen LogP contribution in [0.4, 0.5) is 0 Å². The Morgan fingerprint density at radius 2 is 2.29 bits per heavy atom. The van der Waals surface area contributed by atoms with Gasteiger partial charge in [-0.2, -0.15) is 0 Å². The zero-order chi connectivity index (χ0) is 15.3. The largest absolute Gasteiger partial charge is 0.497 e. The highest BCUT2D eigenvalue weighted by Crippen LogP contribution is 2.24. The lowest BCUT2D eigenvalue weighted by atomic mass is 10.1. The van der Waals surface area contributed by atoms with Crippen LogP contribution in [0.25, 0.3) is 0 Å². The predicted molar refractivity (Wildman–Crippen MR) is 90.2 cm³/mol. The molecule has 1 aliphatic rings. The molecular formula is C15H18ClN3OS. The number of rotatable bonds is 5. The number of nitrogens with two attached hydrogens (primary N) is 1. The maximum absolute atomic E-state index is 6.55. The smallest absolute Gasteiger partial charge is 0.210 e. The SMILES string of the molecule is COc1cccc(CCN2C=CC=CC2(Cl)NC(N)=S)c1. The van der Waals surface area contributed by atoms with Crippen LogP contribution in [0, 0.1) is 0 Å². The van der Waals surface area contributed by atoms with Crippen LogP contribution in [0.2, 0.25) is 0 Å². The van der Waals surface area contributed by atoms with E-state index in [1.54, 1.807) is 7.11 Å². The number of benzene rings is 1. The Hall–Kier alpha value is -1.72. The summed E-state index contributed by atoms with van der Waals surface area (Å²) in [5.41, 5.74) is 6.72. The summed E-state index contributed by atoms with van der Waals surface area (Å²) >= 11 is 11.4. The van der Waals surface area contributed by atoms with Crippen LogP contribution >= 0.6 is 23.8 Å². The Labute approximate surface area is 135 Å². The van der Waals surface area contributed by atoms with Crippen LogP contribution < -0.4 is 15.8 Å². The van der Waals surface area contributed by atoms with Crippen molar-refractivity contribution in [3.63, 3.8) is 0 Å². The van der Waals surface area contributed by atoms with Gasteiger partial charge in [0.1, 0.15) is 5.75 Å². The van der Waals surface area contributed by atoms with Gasteiger partial charge in [0.05, 0.1) is 7.11 Å². The second-order valence-electron chi connectivity index (χ2n) is 4.66. The normalized spacial score (nSPS) is 20.4. The first-order valence-electron chi connectivity index (χ1n) is 6.56. The molecule has 1 unspecified atom stereocenters. The molecule has 0 fully saturated rings. The molecule has 4 nitrogen and oxygen atoms in total. The predicted octanol–water partition coefficient (Wildman–Crippen LogP) is 2.35. The number of thiocarbonyl (C=S) groups is 1. The molecule has 1 heterocycles. The fourth-order valence-corrected chi connectivity index (χ4v) is 2.67. The molecule has 0 saturated carbocycles. The topological polar surface area (TPSA) is 50.5 Å². The number of ether oxygens (including phenoxy) is 1. The molecule has 1 aliphatic heterocycles. The molecule has 3 N–H and O–H groups in total. The van der Waals surface area contributed by atoms with Gasteiger partial charge in [-0.1, -0.05) is 29.8 Å². The molecule has 21 heavy (non-hydrogen) atoms. The first-order valence-corrected chi connectivity index (χ1v) is 7.34. The zero-order valence-electron chi connectivity index (χ0n) is 11.8. The van der Waals surface area contributed by atoms with E-state index in [0.29, 0.717) is 6.54 Å². The van der Waals surface area contributed by atoms with Crippen molar-refractivity contribution >= 4 is 28.9 Å². The van der Waals surface area contributed by atoms with Gasteiger partial charge in [0.15, 0.2) is 5.11 Å².